The number of halogens is 1. The molecule has 4 aromatic rings. The number of H-pyrrole nitrogens is 1. The Bertz CT molecular complexity index is 1270. The number of benzene rings is 1. The Morgan fingerprint density at radius 1 is 1.40 bits per heavy atom. The molecule has 154 valence electrons. The van der Waals surface area contributed by atoms with E-state index in [1.807, 2.05) is 0 Å². The van der Waals surface area contributed by atoms with Crippen molar-refractivity contribution in [2.24, 2.45) is 7.05 Å². The Morgan fingerprint density at radius 2 is 2.27 bits per heavy atom. The van der Waals surface area contributed by atoms with Crippen LogP contribution in [0.15, 0.2) is 30.6 Å². The lowest BCUT2D eigenvalue weighted by Gasteiger charge is -2.11. The number of aromatic amines is 1. The fourth-order valence-electron chi connectivity index (χ4n) is 3.87. The predicted molar refractivity (Wildman–Crippen MR) is 106 cm³/mol. The van der Waals surface area contributed by atoms with Crippen molar-refractivity contribution in [3.8, 4) is 17.1 Å². The van der Waals surface area contributed by atoms with Gasteiger partial charge in [0.1, 0.15) is 17.2 Å². The van der Waals surface area contributed by atoms with Gasteiger partial charge in [-0.05, 0) is 37.5 Å². The summed E-state index contributed by atoms with van der Waals surface area (Å²) in [6.45, 7) is 0. The Balaban J connectivity index is 1.46. The van der Waals surface area contributed by atoms with Crippen molar-refractivity contribution < 1.29 is 19.0 Å². The van der Waals surface area contributed by atoms with Crippen LogP contribution in [0.2, 0.25) is 0 Å². The van der Waals surface area contributed by atoms with Gasteiger partial charge in [-0.2, -0.15) is 5.10 Å². The first-order chi connectivity index (χ1) is 14.5. The first-order valence-electron chi connectivity index (χ1n) is 9.61. The topological polar surface area (TPSA) is 118 Å². The zero-order valence-electron chi connectivity index (χ0n) is 16.1. The molecule has 1 aromatic carbocycles. The quantitative estimate of drug-likeness (QED) is 0.478. The third-order valence-electron chi connectivity index (χ3n) is 5.33. The number of amides is 1. The van der Waals surface area contributed by atoms with Gasteiger partial charge in [0.25, 0.3) is 0 Å². The van der Waals surface area contributed by atoms with E-state index < -0.39 is 12.2 Å². The van der Waals surface area contributed by atoms with Gasteiger partial charge in [-0.15, -0.1) is 0 Å². The number of rotatable bonds is 3. The number of aryl methyl sites for hydroxylation is 1. The molecule has 30 heavy (non-hydrogen) atoms. The Kier molecular flexibility index (Phi) is 4.35. The van der Waals surface area contributed by atoms with Crippen molar-refractivity contribution in [2.75, 3.05) is 0 Å². The van der Waals surface area contributed by atoms with Crippen molar-refractivity contribution in [1.29, 1.82) is 0 Å². The lowest BCUT2D eigenvalue weighted by Crippen LogP contribution is -2.35. The molecule has 1 fully saturated rings. The smallest absolute Gasteiger partial charge is 0.406 e. The van der Waals surface area contributed by atoms with Crippen molar-refractivity contribution in [1.82, 2.24) is 30.0 Å². The molecule has 9 nitrogen and oxygen atoms in total. The van der Waals surface area contributed by atoms with Gasteiger partial charge in [-0.1, -0.05) is 0 Å². The Labute approximate surface area is 169 Å². The van der Waals surface area contributed by atoms with Gasteiger partial charge in [0.05, 0.1) is 17.8 Å². The van der Waals surface area contributed by atoms with Gasteiger partial charge in [0.2, 0.25) is 0 Å². The maximum absolute atomic E-state index is 13.6. The first-order valence-corrected chi connectivity index (χ1v) is 9.61. The SMILES string of the molecule is Cn1nc(-c2cnc3[nH]cc(OC(=O)N[C@@H]4CC[C@H](O)C4)c3n2)c2ccc(F)cc21. The van der Waals surface area contributed by atoms with Gasteiger partial charge in [-0.25, -0.2) is 19.2 Å². The number of aliphatic hydroxyl groups excluding tert-OH is 1. The minimum absolute atomic E-state index is 0.111. The van der Waals surface area contributed by atoms with Crippen LogP contribution < -0.4 is 10.1 Å². The summed E-state index contributed by atoms with van der Waals surface area (Å²) < 4.78 is 20.6. The molecule has 5 rings (SSSR count). The molecule has 1 saturated carbocycles. The van der Waals surface area contributed by atoms with Gasteiger partial charge in [0.15, 0.2) is 16.9 Å². The largest absolute Gasteiger partial charge is 0.412 e. The summed E-state index contributed by atoms with van der Waals surface area (Å²) >= 11 is 0. The lowest BCUT2D eigenvalue weighted by atomic mass is 10.1. The van der Waals surface area contributed by atoms with E-state index in [2.05, 4.69) is 25.4 Å². The average Bonchev–Trinajstić information content (AvgIpc) is 3.40. The number of hydrogen-bond acceptors (Lipinski definition) is 6. The molecule has 3 heterocycles. The molecule has 0 saturated heterocycles. The number of carbonyl (C=O) groups excluding carboxylic acids is 1. The second kappa shape index (κ2) is 7.06. The Hall–Kier alpha value is -3.53. The predicted octanol–water partition coefficient (Wildman–Crippen LogP) is 2.65. The number of hydrogen-bond donors (Lipinski definition) is 3. The number of carbonyl (C=O) groups is 1. The molecule has 3 aromatic heterocycles. The minimum atomic E-state index is -0.610. The fraction of sp³-hybridized carbons (Fsp3) is 0.300. The summed E-state index contributed by atoms with van der Waals surface area (Å²) in [7, 11) is 1.73. The maximum Gasteiger partial charge on any atom is 0.412 e. The number of ether oxygens (including phenoxy) is 1. The summed E-state index contributed by atoms with van der Waals surface area (Å²) in [5.74, 6) is -0.109. The molecule has 1 aliphatic carbocycles. The third kappa shape index (κ3) is 3.24. The molecule has 0 radical (unpaired) electrons. The highest BCUT2D eigenvalue weighted by atomic mass is 19.1. The number of nitrogens with zero attached hydrogens (tertiary/aromatic N) is 4. The van der Waals surface area contributed by atoms with E-state index in [0.29, 0.717) is 47.3 Å². The van der Waals surface area contributed by atoms with E-state index in [0.717, 1.165) is 5.39 Å². The number of nitrogens with one attached hydrogen (secondary N) is 2. The van der Waals surface area contributed by atoms with E-state index >= 15 is 0 Å². The van der Waals surface area contributed by atoms with Crippen molar-refractivity contribution >= 4 is 28.2 Å². The molecule has 10 heteroatoms. The van der Waals surface area contributed by atoms with Crippen LogP contribution in [-0.2, 0) is 7.05 Å². The molecule has 0 bridgehead atoms. The first kappa shape index (κ1) is 18.5. The van der Waals surface area contributed by atoms with Crippen LogP contribution >= 0.6 is 0 Å². The van der Waals surface area contributed by atoms with E-state index in [-0.39, 0.29) is 17.6 Å². The van der Waals surface area contributed by atoms with E-state index in [9.17, 15) is 14.3 Å². The maximum atomic E-state index is 13.6. The second-order valence-corrected chi connectivity index (χ2v) is 7.44. The van der Waals surface area contributed by atoms with E-state index in [1.54, 1.807) is 24.0 Å². The van der Waals surface area contributed by atoms with Crippen molar-refractivity contribution in [3.63, 3.8) is 0 Å². The van der Waals surface area contributed by atoms with Gasteiger partial charge in [0, 0.05) is 24.7 Å². The molecule has 1 aliphatic rings. The van der Waals surface area contributed by atoms with E-state index in [4.69, 9.17) is 4.74 Å². The molecular weight excluding hydrogens is 391 g/mol. The normalized spacial score (nSPS) is 18.9. The zero-order chi connectivity index (χ0) is 20.8. The van der Waals surface area contributed by atoms with Crippen LogP contribution in [0.4, 0.5) is 9.18 Å². The zero-order valence-corrected chi connectivity index (χ0v) is 16.1. The fourth-order valence-corrected chi connectivity index (χ4v) is 3.87. The van der Waals surface area contributed by atoms with Gasteiger partial charge in [-0.3, -0.25) is 4.68 Å². The number of aromatic nitrogens is 5. The molecule has 2 atom stereocenters. The second-order valence-electron chi connectivity index (χ2n) is 7.44. The molecule has 1 amide bonds. The van der Waals surface area contributed by atoms with Crippen LogP contribution in [0, 0.1) is 5.82 Å². The van der Waals surface area contributed by atoms with Crippen LogP contribution in [0.25, 0.3) is 33.5 Å². The summed E-state index contributed by atoms with van der Waals surface area (Å²) in [5, 5.41) is 17.5. The van der Waals surface area contributed by atoms with Crippen LogP contribution in [-0.4, -0.2) is 48.1 Å². The summed E-state index contributed by atoms with van der Waals surface area (Å²) in [6.07, 6.45) is 3.97. The molecule has 3 N–H and O–H groups in total. The van der Waals surface area contributed by atoms with Gasteiger partial charge >= 0.3 is 6.09 Å². The molecule has 0 spiro atoms. The van der Waals surface area contributed by atoms with E-state index in [1.165, 1.54) is 18.3 Å². The average molecular weight is 410 g/mol. The summed E-state index contributed by atoms with van der Waals surface area (Å²) in [5.41, 5.74) is 2.51. The molecule has 0 aliphatic heterocycles. The van der Waals surface area contributed by atoms with Crippen molar-refractivity contribution in [3.05, 3.63) is 36.4 Å². The highest BCUT2D eigenvalue weighted by Crippen LogP contribution is 2.30. The highest BCUT2D eigenvalue weighted by Gasteiger charge is 2.25. The number of fused-ring (bicyclic) bond motifs is 2. The van der Waals surface area contributed by atoms with Crippen LogP contribution in [0.5, 0.6) is 5.75 Å². The van der Waals surface area contributed by atoms with Crippen LogP contribution in [0.3, 0.4) is 0 Å². The lowest BCUT2D eigenvalue weighted by molar-refractivity contribution is 0.176. The summed E-state index contributed by atoms with van der Waals surface area (Å²) in [4.78, 5) is 24.1. The minimum Gasteiger partial charge on any atom is -0.406 e. The van der Waals surface area contributed by atoms with Gasteiger partial charge < -0.3 is 20.1 Å². The number of aliphatic hydroxyl groups is 1. The Morgan fingerprint density at radius 3 is 3.07 bits per heavy atom. The molecular formula is C20H19FN6O3. The third-order valence-corrected chi connectivity index (χ3v) is 5.33. The van der Waals surface area contributed by atoms with Crippen LogP contribution in [0.1, 0.15) is 19.3 Å². The highest BCUT2D eigenvalue weighted by molar-refractivity contribution is 5.93. The standard InChI is InChI=1S/C20H19FN6O3/c1-27-15-6-10(21)2-5-13(15)17(26-27)14-8-22-19-18(25-14)16(9-23-19)30-20(29)24-11-3-4-12(28)7-11/h2,5-6,8-9,11-12,28H,3-4,7H2,1H3,(H,22,23)(H,24,29)/t11-,12+/m1/s1. The molecule has 0 unspecified atom stereocenters. The van der Waals surface area contributed by atoms with Crippen molar-refractivity contribution in [2.45, 2.75) is 31.4 Å². The monoisotopic (exact) mass is 410 g/mol. The summed E-state index contributed by atoms with van der Waals surface area (Å²) in [6, 6.07) is 4.32.